The molecule has 64 valence electrons. The fourth-order valence-corrected chi connectivity index (χ4v) is 1.57. The summed E-state index contributed by atoms with van der Waals surface area (Å²) in [7, 11) is 1.96. The second kappa shape index (κ2) is 3.23. The first kappa shape index (κ1) is 5.70. The van der Waals surface area contributed by atoms with Crippen LogP contribution in [0.15, 0.2) is 24.5 Å². The summed E-state index contributed by atoms with van der Waals surface area (Å²) in [5, 5.41) is 0. The molecule has 0 radical (unpaired) electrons. The van der Waals surface area contributed by atoms with Gasteiger partial charge in [0.15, 0.2) is 0 Å². The van der Waals surface area contributed by atoms with Crippen LogP contribution < -0.4 is 0 Å². The minimum absolute atomic E-state index is 0.142. The van der Waals surface area contributed by atoms with Gasteiger partial charge >= 0.3 is 0 Å². The van der Waals surface area contributed by atoms with Gasteiger partial charge in [-0.3, -0.25) is 9.88 Å². The number of hydrogen-bond donors (Lipinski definition) is 0. The maximum atomic E-state index is 7.91. The van der Waals surface area contributed by atoms with Gasteiger partial charge in [-0.2, -0.15) is 0 Å². The van der Waals surface area contributed by atoms with E-state index in [0.717, 1.165) is 12.1 Å². The molecule has 0 saturated carbocycles. The molecule has 0 amide bonds. The molecule has 12 heavy (non-hydrogen) atoms. The highest BCUT2D eigenvalue weighted by Crippen LogP contribution is 2.29. The fraction of sp³-hybridized carbons (Fsp3) is 0.500. The number of aromatic nitrogens is 1. The smallest absolute Gasteiger partial charge is 0.0360 e. The molecular weight excluding hydrogens is 148 g/mol. The first-order valence-corrected chi connectivity index (χ1v) is 4.21. The largest absolute Gasteiger partial charge is 0.299 e. The Bertz CT molecular complexity index is 313. The molecule has 2 heteroatoms. The van der Waals surface area contributed by atoms with Crippen molar-refractivity contribution in [3.05, 3.63) is 30.1 Å². The molecule has 1 saturated heterocycles. The van der Waals surface area contributed by atoms with Crippen molar-refractivity contribution in [2.45, 2.75) is 18.8 Å². The second-order valence-corrected chi connectivity index (χ2v) is 3.12. The Morgan fingerprint density at radius 2 is 2.67 bits per heavy atom. The molecule has 0 spiro atoms. The molecule has 2 heterocycles. The van der Waals surface area contributed by atoms with Crippen LogP contribution in [0.5, 0.6) is 0 Å². The van der Waals surface area contributed by atoms with Gasteiger partial charge in [-0.1, -0.05) is 6.07 Å². The zero-order valence-corrected chi connectivity index (χ0v) is 7.20. The van der Waals surface area contributed by atoms with Crippen LogP contribution >= 0.6 is 0 Å². The minimum atomic E-state index is -1.13. The van der Waals surface area contributed by atoms with Gasteiger partial charge in [-0.25, -0.2) is 0 Å². The molecule has 1 aliphatic heterocycles. The van der Waals surface area contributed by atoms with Crippen LogP contribution in [-0.4, -0.2) is 23.5 Å². The van der Waals surface area contributed by atoms with E-state index < -0.39 is 6.37 Å². The van der Waals surface area contributed by atoms with Gasteiger partial charge < -0.3 is 0 Å². The van der Waals surface area contributed by atoms with Crippen molar-refractivity contribution in [2.75, 3.05) is 13.6 Å². The van der Waals surface area contributed by atoms with Crippen molar-refractivity contribution in [3.8, 4) is 0 Å². The molecule has 1 aromatic rings. The molecule has 1 fully saturated rings. The monoisotopic (exact) mass is 164 g/mol. The Morgan fingerprint density at radius 3 is 3.25 bits per heavy atom. The lowest BCUT2D eigenvalue weighted by Gasteiger charge is -2.18. The highest BCUT2D eigenvalue weighted by molar-refractivity contribution is 5.14. The average molecular weight is 164 g/mol. The molecule has 0 aliphatic carbocycles. The van der Waals surface area contributed by atoms with Crippen LogP contribution in [-0.2, 0) is 0 Å². The topological polar surface area (TPSA) is 16.1 Å². The van der Waals surface area contributed by atoms with E-state index in [4.69, 9.17) is 2.74 Å². The first-order valence-electron chi connectivity index (χ1n) is 5.21. The summed E-state index contributed by atoms with van der Waals surface area (Å²) in [6.45, 7) is 0.812. The number of likely N-dealkylation sites (tertiary alicyclic amines) is 1. The molecule has 0 aromatic carbocycles. The zero-order valence-electron chi connectivity index (χ0n) is 9.20. The van der Waals surface area contributed by atoms with Crippen molar-refractivity contribution in [1.29, 1.82) is 0 Å². The lowest BCUT2D eigenvalue weighted by Crippen LogP contribution is -2.17. The van der Waals surface area contributed by atoms with Gasteiger partial charge in [-0.05, 0) is 38.0 Å². The molecule has 0 N–H and O–H groups in total. The predicted molar refractivity (Wildman–Crippen MR) is 48.8 cm³/mol. The Morgan fingerprint density at radius 1 is 1.75 bits per heavy atom. The van der Waals surface area contributed by atoms with Crippen LogP contribution in [0.4, 0.5) is 0 Å². The summed E-state index contributed by atoms with van der Waals surface area (Å²) in [6, 6.07) is 3.66. The minimum Gasteiger partial charge on any atom is -0.299 e. The van der Waals surface area contributed by atoms with Gasteiger partial charge in [0.1, 0.15) is 0 Å². The quantitative estimate of drug-likeness (QED) is 0.629. The van der Waals surface area contributed by atoms with Crippen molar-refractivity contribution in [3.63, 3.8) is 0 Å². The van der Waals surface area contributed by atoms with E-state index in [2.05, 4.69) is 9.88 Å². The van der Waals surface area contributed by atoms with E-state index >= 15 is 0 Å². The third-order valence-corrected chi connectivity index (χ3v) is 2.24. The van der Waals surface area contributed by atoms with E-state index in [1.807, 2.05) is 19.2 Å². The van der Waals surface area contributed by atoms with Crippen molar-refractivity contribution in [2.24, 2.45) is 0 Å². The van der Waals surface area contributed by atoms with E-state index in [1.165, 1.54) is 0 Å². The normalized spacial score (nSPS) is 31.2. The second-order valence-electron chi connectivity index (χ2n) is 3.12. The lowest BCUT2D eigenvalue weighted by atomic mass is 10.1. The third kappa shape index (κ3) is 1.34. The number of hydrogen-bond acceptors (Lipinski definition) is 2. The maximum absolute atomic E-state index is 7.91. The van der Waals surface area contributed by atoms with Crippen LogP contribution in [0.1, 0.15) is 27.1 Å². The SMILES string of the molecule is [2H]C1([2H])CCN(C)[C@@H]1c1cccnc1. The lowest BCUT2D eigenvalue weighted by molar-refractivity contribution is 0.317. The Hall–Kier alpha value is -0.890. The number of nitrogens with zero attached hydrogens (tertiary/aromatic N) is 2. The standard InChI is InChI=1S/C10H14N2/c1-12-7-3-5-10(12)9-4-2-6-11-8-9/h2,4,6,8,10H,3,5,7H2,1H3/t10-/m0/s1/i5D2. The summed E-state index contributed by atoms with van der Waals surface area (Å²) in [5.74, 6) is 0. The average Bonchev–Trinajstić information content (AvgIpc) is 2.42. The van der Waals surface area contributed by atoms with Crippen molar-refractivity contribution in [1.82, 2.24) is 9.88 Å². The first-order chi connectivity index (χ1) is 6.61. The van der Waals surface area contributed by atoms with E-state index in [9.17, 15) is 0 Å². The van der Waals surface area contributed by atoms with Gasteiger partial charge in [0, 0.05) is 21.2 Å². The molecular formula is C10H14N2. The van der Waals surface area contributed by atoms with Crippen LogP contribution in [0.3, 0.4) is 0 Å². The summed E-state index contributed by atoms with van der Waals surface area (Å²) >= 11 is 0. The van der Waals surface area contributed by atoms with E-state index in [-0.39, 0.29) is 6.04 Å². The highest BCUT2D eigenvalue weighted by Gasteiger charge is 2.21. The number of rotatable bonds is 1. The van der Waals surface area contributed by atoms with Crippen LogP contribution in [0.2, 0.25) is 0 Å². The van der Waals surface area contributed by atoms with Crippen LogP contribution in [0, 0.1) is 0 Å². The Kier molecular flexibility index (Phi) is 1.54. The predicted octanol–water partition coefficient (Wildman–Crippen LogP) is 1.85. The van der Waals surface area contributed by atoms with Gasteiger partial charge in [0.25, 0.3) is 0 Å². The fourth-order valence-electron chi connectivity index (χ4n) is 1.57. The van der Waals surface area contributed by atoms with Crippen LogP contribution in [0.25, 0.3) is 0 Å². The van der Waals surface area contributed by atoms with E-state index in [0.29, 0.717) is 6.42 Å². The Balaban J connectivity index is 2.33. The molecule has 2 rings (SSSR count). The zero-order chi connectivity index (χ0) is 10.2. The maximum Gasteiger partial charge on any atom is 0.0360 e. The Labute approximate surface area is 76.0 Å². The molecule has 1 atom stereocenters. The van der Waals surface area contributed by atoms with E-state index in [1.54, 1.807) is 12.4 Å². The van der Waals surface area contributed by atoms with Gasteiger partial charge in [0.05, 0.1) is 0 Å². The molecule has 0 bridgehead atoms. The van der Waals surface area contributed by atoms with Crippen molar-refractivity contribution >= 4 is 0 Å². The molecule has 2 nitrogen and oxygen atoms in total. The summed E-state index contributed by atoms with van der Waals surface area (Å²) in [5.41, 5.74) is 0.970. The number of pyridine rings is 1. The summed E-state index contributed by atoms with van der Waals surface area (Å²) in [4.78, 5) is 6.09. The van der Waals surface area contributed by atoms with Gasteiger partial charge in [0.2, 0.25) is 0 Å². The summed E-state index contributed by atoms with van der Waals surface area (Å²) in [6.07, 6.45) is 2.94. The molecule has 1 aromatic heterocycles. The summed E-state index contributed by atoms with van der Waals surface area (Å²) < 4.78 is 15.8. The van der Waals surface area contributed by atoms with Gasteiger partial charge in [-0.15, -0.1) is 0 Å². The molecule has 0 unspecified atom stereocenters. The van der Waals surface area contributed by atoms with Crippen molar-refractivity contribution < 1.29 is 2.74 Å². The third-order valence-electron chi connectivity index (χ3n) is 2.24. The highest BCUT2D eigenvalue weighted by atomic mass is 15.1. The molecule has 1 aliphatic rings.